The van der Waals surface area contributed by atoms with Gasteiger partial charge >= 0.3 is 0 Å². The van der Waals surface area contributed by atoms with Crippen molar-refractivity contribution in [1.29, 1.82) is 0 Å². The first-order valence-corrected chi connectivity index (χ1v) is 10.4. The number of piperidine rings is 1. The average molecular weight is 422 g/mol. The lowest BCUT2D eigenvalue weighted by Gasteiger charge is -2.42. The Morgan fingerprint density at radius 3 is 2.57 bits per heavy atom. The van der Waals surface area contributed by atoms with Crippen LogP contribution in [0.15, 0.2) is 23.0 Å². The van der Waals surface area contributed by atoms with Crippen molar-refractivity contribution in [3.05, 3.63) is 44.2 Å². The van der Waals surface area contributed by atoms with Crippen LogP contribution in [0, 0.1) is 12.3 Å². The molecule has 2 aromatic rings. The monoisotopic (exact) mass is 421 g/mol. The summed E-state index contributed by atoms with van der Waals surface area (Å²) >= 11 is 12.4. The molecule has 150 valence electrons. The second kappa shape index (κ2) is 7.25. The van der Waals surface area contributed by atoms with E-state index < -0.39 is 0 Å². The van der Waals surface area contributed by atoms with Crippen molar-refractivity contribution < 1.29 is 0 Å². The summed E-state index contributed by atoms with van der Waals surface area (Å²) < 4.78 is 1.32. The Hall–Kier alpha value is -1.76. The van der Waals surface area contributed by atoms with Gasteiger partial charge in [-0.2, -0.15) is 4.98 Å². The minimum absolute atomic E-state index is 0.104. The van der Waals surface area contributed by atoms with Crippen LogP contribution in [0.2, 0.25) is 10.0 Å². The number of nitrogens with two attached hydrogens (primary N) is 2. The Bertz CT molecular complexity index is 966. The summed E-state index contributed by atoms with van der Waals surface area (Å²) in [7, 11) is 0. The van der Waals surface area contributed by atoms with Crippen LogP contribution in [0.3, 0.4) is 0 Å². The standard InChI is InChI=1S/C20H25Cl2N5O/c1-12-17(26-10-8-20(9-11-26)7-3-6-15(20)23)25-19(24)27(18(12)28)14-5-2-4-13(21)16(14)22/h2,4-5,15H,3,6-11,23H2,1H3,(H2,24,25)/t15-/m0/s1. The molecule has 1 aromatic carbocycles. The maximum atomic E-state index is 13.1. The number of rotatable bonds is 2. The first kappa shape index (κ1) is 19.6. The van der Waals surface area contributed by atoms with E-state index in [1.54, 1.807) is 25.1 Å². The van der Waals surface area contributed by atoms with Crippen LogP contribution in [0.5, 0.6) is 0 Å². The van der Waals surface area contributed by atoms with E-state index in [0.29, 0.717) is 22.1 Å². The molecule has 0 bridgehead atoms. The smallest absolute Gasteiger partial charge is 0.264 e. The summed E-state index contributed by atoms with van der Waals surface area (Å²) in [4.78, 5) is 19.8. The minimum Gasteiger partial charge on any atom is -0.369 e. The molecule has 2 aliphatic rings. The van der Waals surface area contributed by atoms with Crippen LogP contribution >= 0.6 is 23.2 Å². The van der Waals surface area contributed by atoms with Crippen molar-refractivity contribution >= 4 is 35.0 Å². The molecular weight excluding hydrogens is 397 g/mol. The van der Waals surface area contributed by atoms with Gasteiger partial charge in [0.05, 0.1) is 21.3 Å². The third-order valence-electron chi connectivity index (χ3n) is 6.52. The number of nitrogen functional groups attached to an aromatic ring is 1. The Kier molecular flexibility index (Phi) is 5.06. The highest BCUT2D eigenvalue weighted by Gasteiger charge is 2.43. The van der Waals surface area contributed by atoms with E-state index in [9.17, 15) is 4.79 Å². The zero-order valence-electron chi connectivity index (χ0n) is 15.9. The van der Waals surface area contributed by atoms with E-state index in [-0.39, 0.29) is 28.0 Å². The number of halogens is 2. The summed E-state index contributed by atoms with van der Waals surface area (Å²) in [5, 5.41) is 0.642. The van der Waals surface area contributed by atoms with E-state index >= 15 is 0 Å². The molecule has 28 heavy (non-hydrogen) atoms. The molecule has 0 radical (unpaired) electrons. The van der Waals surface area contributed by atoms with Crippen molar-refractivity contribution in [1.82, 2.24) is 9.55 Å². The molecule has 2 fully saturated rings. The van der Waals surface area contributed by atoms with Gasteiger partial charge in [0.25, 0.3) is 5.56 Å². The predicted molar refractivity (Wildman–Crippen MR) is 115 cm³/mol. The molecule has 1 aliphatic carbocycles. The maximum Gasteiger partial charge on any atom is 0.264 e. The lowest BCUT2D eigenvalue weighted by Crippen LogP contribution is -2.47. The topological polar surface area (TPSA) is 90.2 Å². The molecule has 1 aliphatic heterocycles. The molecule has 4 N–H and O–H groups in total. The van der Waals surface area contributed by atoms with Crippen molar-refractivity contribution in [2.75, 3.05) is 23.7 Å². The van der Waals surface area contributed by atoms with Gasteiger partial charge in [-0.3, -0.25) is 4.79 Å². The van der Waals surface area contributed by atoms with E-state index in [0.717, 1.165) is 32.4 Å². The SMILES string of the molecule is Cc1c(N2CCC3(CCC[C@@H]3N)CC2)nc(N)n(-c2cccc(Cl)c2Cl)c1=O. The van der Waals surface area contributed by atoms with E-state index in [1.807, 2.05) is 0 Å². The van der Waals surface area contributed by atoms with Crippen molar-refractivity contribution in [2.45, 2.75) is 45.1 Å². The van der Waals surface area contributed by atoms with Gasteiger partial charge in [0.2, 0.25) is 5.95 Å². The Balaban J connectivity index is 1.68. The van der Waals surface area contributed by atoms with Gasteiger partial charge < -0.3 is 16.4 Å². The van der Waals surface area contributed by atoms with Gasteiger partial charge in [-0.05, 0) is 50.2 Å². The zero-order chi connectivity index (χ0) is 20.1. The quantitative estimate of drug-likeness (QED) is 0.773. The number of hydrogen-bond donors (Lipinski definition) is 2. The normalized spacial score (nSPS) is 21.4. The van der Waals surface area contributed by atoms with Gasteiger partial charge in [0.15, 0.2) is 0 Å². The molecular formula is C20H25Cl2N5O. The molecule has 6 nitrogen and oxygen atoms in total. The van der Waals surface area contributed by atoms with Crippen LogP contribution in [0.4, 0.5) is 11.8 Å². The Morgan fingerprint density at radius 1 is 1.21 bits per heavy atom. The molecule has 4 rings (SSSR count). The largest absolute Gasteiger partial charge is 0.369 e. The highest BCUT2D eigenvalue weighted by Crippen LogP contribution is 2.46. The summed E-state index contributed by atoms with van der Waals surface area (Å²) in [6.07, 6.45) is 5.57. The van der Waals surface area contributed by atoms with Gasteiger partial charge in [-0.15, -0.1) is 0 Å². The number of aromatic nitrogens is 2. The van der Waals surface area contributed by atoms with Gasteiger partial charge in [-0.25, -0.2) is 4.57 Å². The van der Waals surface area contributed by atoms with Crippen LogP contribution in [-0.2, 0) is 0 Å². The van der Waals surface area contributed by atoms with Gasteiger partial charge in [-0.1, -0.05) is 35.7 Å². The van der Waals surface area contributed by atoms with Gasteiger partial charge in [0, 0.05) is 19.1 Å². The van der Waals surface area contributed by atoms with Crippen LogP contribution in [0.1, 0.15) is 37.7 Å². The van der Waals surface area contributed by atoms with Crippen molar-refractivity contribution in [3.8, 4) is 5.69 Å². The van der Waals surface area contributed by atoms with E-state index in [1.165, 1.54) is 17.4 Å². The molecule has 0 unspecified atom stereocenters. The maximum absolute atomic E-state index is 13.1. The Morgan fingerprint density at radius 2 is 1.93 bits per heavy atom. The van der Waals surface area contributed by atoms with Crippen molar-refractivity contribution in [3.63, 3.8) is 0 Å². The summed E-state index contributed by atoms with van der Waals surface area (Å²) in [5.41, 5.74) is 13.6. The first-order chi connectivity index (χ1) is 13.3. The molecule has 1 saturated carbocycles. The highest BCUT2D eigenvalue weighted by atomic mass is 35.5. The third kappa shape index (κ3) is 3.08. The second-order valence-corrected chi connectivity index (χ2v) is 8.77. The third-order valence-corrected chi connectivity index (χ3v) is 7.33. The highest BCUT2D eigenvalue weighted by molar-refractivity contribution is 6.43. The molecule has 8 heteroatoms. The summed E-state index contributed by atoms with van der Waals surface area (Å²) in [5.74, 6) is 0.756. The van der Waals surface area contributed by atoms with E-state index in [4.69, 9.17) is 34.7 Å². The number of anilines is 2. The summed E-state index contributed by atoms with van der Waals surface area (Å²) in [6, 6.07) is 5.39. The molecule has 1 aromatic heterocycles. The number of benzene rings is 1. The molecule has 0 amide bonds. The minimum atomic E-state index is -0.232. The average Bonchev–Trinajstić information content (AvgIpc) is 3.02. The molecule has 1 saturated heterocycles. The number of hydrogen-bond acceptors (Lipinski definition) is 5. The van der Waals surface area contributed by atoms with Crippen LogP contribution in [0.25, 0.3) is 5.69 Å². The van der Waals surface area contributed by atoms with Crippen LogP contribution < -0.4 is 21.9 Å². The molecule has 2 heterocycles. The number of nitrogens with zero attached hydrogens (tertiary/aromatic N) is 3. The lowest BCUT2D eigenvalue weighted by molar-refractivity contribution is 0.197. The van der Waals surface area contributed by atoms with Crippen molar-refractivity contribution in [2.24, 2.45) is 11.1 Å². The fraction of sp³-hybridized carbons (Fsp3) is 0.500. The second-order valence-electron chi connectivity index (χ2n) is 7.98. The fourth-order valence-corrected chi connectivity index (χ4v) is 5.15. The van der Waals surface area contributed by atoms with Gasteiger partial charge in [0.1, 0.15) is 5.82 Å². The fourth-order valence-electron chi connectivity index (χ4n) is 4.77. The predicted octanol–water partition coefficient (Wildman–Crippen LogP) is 3.53. The first-order valence-electron chi connectivity index (χ1n) is 9.68. The molecule has 1 atom stereocenters. The molecule has 1 spiro atoms. The summed E-state index contributed by atoms with van der Waals surface area (Å²) in [6.45, 7) is 3.45. The Labute approximate surface area is 174 Å². The zero-order valence-corrected chi connectivity index (χ0v) is 17.4. The van der Waals surface area contributed by atoms with E-state index in [2.05, 4.69) is 9.88 Å². The lowest BCUT2D eigenvalue weighted by atomic mass is 9.74. The van der Waals surface area contributed by atoms with Crippen LogP contribution in [-0.4, -0.2) is 28.7 Å².